The van der Waals surface area contributed by atoms with Crippen molar-refractivity contribution in [3.05, 3.63) is 0 Å². The number of nitrogens with two attached hydrogens (primary N) is 1. The third kappa shape index (κ3) is 5.27. The largest absolute Gasteiger partial charge is 0.373 e. The topological polar surface area (TPSA) is 96.2 Å². The summed E-state index contributed by atoms with van der Waals surface area (Å²) in [6, 6.07) is 0. The zero-order valence-electron chi connectivity index (χ0n) is 14.4. The van der Waals surface area contributed by atoms with Crippen molar-refractivity contribution >= 4 is 28.5 Å². The lowest BCUT2D eigenvalue weighted by Gasteiger charge is -2.40. The van der Waals surface area contributed by atoms with Crippen LogP contribution in [0.1, 0.15) is 26.7 Å². The zero-order valence-corrected chi connectivity index (χ0v) is 16.0. The highest BCUT2D eigenvalue weighted by molar-refractivity contribution is 7.86. The summed E-state index contributed by atoms with van der Waals surface area (Å²) >= 11 is 0. The number of amides is 1. The van der Waals surface area contributed by atoms with Crippen LogP contribution in [0.4, 0.5) is 0 Å². The fraction of sp³-hybridized carbons (Fsp3) is 0.929. The van der Waals surface area contributed by atoms with E-state index in [1.165, 1.54) is 8.61 Å². The van der Waals surface area contributed by atoms with E-state index in [2.05, 4.69) is 0 Å². The van der Waals surface area contributed by atoms with Gasteiger partial charge in [-0.25, -0.2) is 0 Å². The Kier molecular flexibility index (Phi) is 8.37. The van der Waals surface area contributed by atoms with Gasteiger partial charge in [0.25, 0.3) is 10.2 Å². The standard InChI is InChI=1S/C14H28N4O4S.ClH/c1-12-10-18(11-13(2)22-12)23(20,21)17-8-6-16(7-9-17)14(19)4-3-5-15;/h12-13H,3-11,15H2,1-2H3;1H. The Balaban J connectivity index is 0.00000288. The molecule has 2 aliphatic rings. The number of piperazine rings is 1. The Morgan fingerprint density at radius 1 is 1.08 bits per heavy atom. The molecule has 2 N–H and O–H groups in total. The number of nitrogens with zero attached hydrogens (tertiary/aromatic N) is 3. The number of carbonyl (C=O) groups excluding carboxylic acids is 1. The van der Waals surface area contributed by atoms with Gasteiger partial charge in [0.15, 0.2) is 0 Å². The fourth-order valence-corrected chi connectivity index (χ4v) is 4.81. The van der Waals surface area contributed by atoms with Gasteiger partial charge in [-0.3, -0.25) is 4.79 Å². The Bertz CT molecular complexity index is 501. The smallest absolute Gasteiger partial charge is 0.282 e. The van der Waals surface area contributed by atoms with Crippen LogP contribution in [-0.4, -0.2) is 85.9 Å². The summed E-state index contributed by atoms with van der Waals surface area (Å²) in [4.78, 5) is 13.7. The van der Waals surface area contributed by atoms with Crippen molar-refractivity contribution in [2.75, 3.05) is 45.8 Å². The van der Waals surface area contributed by atoms with Gasteiger partial charge in [0.05, 0.1) is 12.2 Å². The Morgan fingerprint density at radius 3 is 2.12 bits per heavy atom. The maximum Gasteiger partial charge on any atom is 0.282 e. The van der Waals surface area contributed by atoms with Crippen LogP contribution in [0.15, 0.2) is 0 Å². The Labute approximate surface area is 150 Å². The molecule has 2 atom stereocenters. The second kappa shape index (κ2) is 9.30. The van der Waals surface area contributed by atoms with Gasteiger partial charge in [-0.1, -0.05) is 0 Å². The van der Waals surface area contributed by atoms with E-state index in [0.717, 1.165) is 0 Å². The number of halogens is 1. The van der Waals surface area contributed by atoms with Gasteiger partial charge in [-0.15, -0.1) is 12.4 Å². The van der Waals surface area contributed by atoms with Crippen molar-refractivity contribution in [1.29, 1.82) is 0 Å². The lowest BCUT2D eigenvalue weighted by molar-refractivity contribution is -0.132. The summed E-state index contributed by atoms with van der Waals surface area (Å²) in [6.07, 6.45) is 0.892. The number of hydrogen-bond acceptors (Lipinski definition) is 5. The van der Waals surface area contributed by atoms with Crippen molar-refractivity contribution in [2.24, 2.45) is 5.73 Å². The summed E-state index contributed by atoms with van der Waals surface area (Å²) < 4.78 is 34.1. The maximum atomic E-state index is 12.8. The van der Waals surface area contributed by atoms with Crippen molar-refractivity contribution < 1.29 is 17.9 Å². The number of morpholine rings is 1. The van der Waals surface area contributed by atoms with Crippen molar-refractivity contribution in [3.63, 3.8) is 0 Å². The molecule has 2 saturated heterocycles. The van der Waals surface area contributed by atoms with E-state index < -0.39 is 10.2 Å². The highest BCUT2D eigenvalue weighted by Gasteiger charge is 2.37. The molecule has 0 aromatic carbocycles. The molecular weight excluding hydrogens is 356 g/mol. The lowest BCUT2D eigenvalue weighted by atomic mass is 10.2. The summed E-state index contributed by atoms with van der Waals surface area (Å²) in [6.45, 7) is 6.58. The Morgan fingerprint density at radius 2 is 1.62 bits per heavy atom. The zero-order chi connectivity index (χ0) is 17.0. The molecule has 2 heterocycles. The van der Waals surface area contributed by atoms with Crippen LogP contribution in [0.3, 0.4) is 0 Å². The summed E-state index contributed by atoms with van der Waals surface area (Å²) in [5.41, 5.74) is 5.42. The monoisotopic (exact) mass is 384 g/mol. The first-order valence-electron chi connectivity index (χ1n) is 8.23. The highest BCUT2D eigenvalue weighted by Crippen LogP contribution is 2.19. The first-order chi connectivity index (χ1) is 10.8. The molecule has 2 fully saturated rings. The van der Waals surface area contributed by atoms with E-state index in [1.807, 2.05) is 13.8 Å². The molecule has 142 valence electrons. The second-order valence-corrected chi connectivity index (χ2v) is 8.18. The van der Waals surface area contributed by atoms with Crippen molar-refractivity contribution in [3.8, 4) is 0 Å². The van der Waals surface area contributed by atoms with Gasteiger partial charge in [0, 0.05) is 45.7 Å². The molecule has 2 aliphatic heterocycles. The van der Waals surface area contributed by atoms with E-state index >= 15 is 0 Å². The predicted molar refractivity (Wildman–Crippen MR) is 94.2 cm³/mol. The minimum Gasteiger partial charge on any atom is -0.373 e. The first kappa shape index (κ1) is 21.6. The molecule has 0 aromatic heterocycles. The van der Waals surface area contributed by atoms with Gasteiger partial charge in [0.1, 0.15) is 0 Å². The highest BCUT2D eigenvalue weighted by atomic mass is 35.5. The second-order valence-electron chi connectivity index (χ2n) is 6.25. The van der Waals surface area contributed by atoms with Gasteiger partial charge < -0.3 is 15.4 Å². The summed E-state index contributed by atoms with van der Waals surface area (Å²) in [5.74, 6) is 0.0566. The number of carbonyl (C=O) groups is 1. The maximum absolute atomic E-state index is 12.8. The average molecular weight is 385 g/mol. The Hall–Kier alpha value is -0.450. The van der Waals surface area contributed by atoms with Crippen LogP contribution < -0.4 is 5.73 Å². The number of ether oxygens (including phenoxy) is 1. The minimum absolute atomic E-state index is 0. The van der Waals surface area contributed by atoms with Gasteiger partial charge in [-0.05, 0) is 26.8 Å². The predicted octanol–water partition coefficient (Wildman–Crippen LogP) is -0.355. The van der Waals surface area contributed by atoms with E-state index in [1.54, 1.807) is 4.90 Å². The van der Waals surface area contributed by atoms with Crippen molar-refractivity contribution in [2.45, 2.75) is 38.9 Å². The molecule has 1 amide bonds. The molecule has 2 rings (SSSR count). The number of rotatable bonds is 5. The van der Waals surface area contributed by atoms with Gasteiger partial charge >= 0.3 is 0 Å². The van der Waals surface area contributed by atoms with Crippen LogP contribution in [0, 0.1) is 0 Å². The third-order valence-corrected chi connectivity index (χ3v) is 6.19. The van der Waals surface area contributed by atoms with Crippen LogP contribution in [-0.2, 0) is 19.7 Å². The molecule has 0 bridgehead atoms. The molecule has 24 heavy (non-hydrogen) atoms. The molecule has 2 unspecified atom stereocenters. The van der Waals surface area contributed by atoms with Crippen LogP contribution in [0.5, 0.6) is 0 Å². The third-order valence-electron chi connectivity index (χ3n) is 4.22. The summed E-state index contributed by atoms with van der Waals surface area (Å²) in [7, 11) is -3.49. The van der Waals surface area contributed by atoms with Crippen LogP contribution >= 0.6 is 12.4 Å². The lowest BCUT2D eigenvalue weighted by Crippen LogP contribution is -2.57. The minimum atomic E-state index is -3.49. The molecule has 0 spiro atoms. The normalized spacial score (nSPS) is 26.9. The molecule has 0 aromatic rings. The first-order valence-corrected chi connectivity index (χ1v) is 9.62. The molecule has 0 saturated carbocycles. The molecule has 0 radical (unpaired) electrons. The van der Waals surface area contributed by atoms with Crippen LogP contribution in [0.25, 0.3) is 0 Å². The fourth-order valence-electron chi connectivity index (χ4n) is 3.06. The molecular formula is C14H29ClN4O4S. The van der Waals surface area contributed by atoms with Crippen molar-refractivity contribution in [1.82, 2.24) is 13.5 Å². The van der Waals surface area contributed by atoms with E-state index in [0.29, 0.717) is 58.7 Å². The van der Waals surface area contributed by atoms with E-state index in [4.69, 9.17) is 10.5 Å². The molecule has 8 nitrogen and oxygen atoms in total. The SMILES string of the molecule is CC1CN(S(=O)(=O)N2CCN(C(=O)CCCN)CC2)CC(C)O1.Cl. The van der Waals surface area contributed by atoms with E-state index in [9.17, 15) is 13.2 Å². The quantitative estimate of drug-likeness (QED) is 0.698. The average Bonchev–Trinajstić information content (AvgIpc) is 2.51. The van der Waals surface area contributed by atoms with Gasteiger partial charge in [-0.2, -0.15) is 17.0 Å². The molecule has 10 heteroatoms. The van der Waals surface area contributed by atoms with Gasteiger partial charge in [0.2, 0.25) is 5.91 Å². The van der Waals surface area contributed by atoms with Crippen LogP contribution in [0.2, 0.25) is 0 Å². The van der Waals surface area contributed by atoms with E-state index in [-0.39, 0.29) is 30.5 Å². The number of hydrogen-bond donors (Lipinski definition) is 1. The molecule has 0 aliphatic carbocycles. The summed E-state index contributed by atoms with van der Waals surface area (Å²) in [5, 5.41) is 0.